The van der Waals surface area contributed by atoms with Crippen molar-refractivity contribution in [3.8, 4) is 0 Å². The first-order chi connectivity index (χ1) is 7.10. The molecule has 3 nitrogen and oxygen atoms in total. The molecule has 1 rings (SSSR count). The molecule has 0 radical (unpaired) electrons. The van der Waals surface area contributed by atoms with Crippen LogP contribution in [0.25, 0.3) is 0 Å². The molecule has 1 atom stereocenters. The Balaban J connectivity index is 2.53. The van der Waals surface area contributed by atoms with Gasteiger partial charge in [-0.1, -0.05) is 13.8 Å². The van der Waals surface area contributed by atoms with Crippen molar-refractivity contribution in [2.24, 2.45) is 5.92 Å². The van der Waals surface area contributed by atoms with Crippen LogP contribution in [0.1, 0.15) is 33.6 Å². The van der Waals surface area contributed by atoms with Gasteiger partial charge < -0.3 is 9.80 Å². The van der Waals surface area contributed by atoms with E-state index < -0.39 is 0 Å². The topological polar surface area (TPSA) is 23.6 Å². The van der Waals surface area contributed by atoms with E-state index in [1.165, 1.54) is 0 Å². The average Bonchev–Trinajstić information content (AvgIpc) is 2.23. The van der Waals surface area contributed by atoms with Crippen LogP contribution in [-0.4, -0.2) is 48.4 Å². The number of likely N-dealkylation sites (N-methyl/N-ethyl adjacent to an activating group) is 1. The van der Waals surface area contributed by atoms with Crippen molar-refractivity contribution >= 4 is 5.91 Å². The van der Waals surface area contributed by atoms with Gasteiger partial charge in [0.15, 0.2) is 0 Å². The van der Waals surface area contributed by atoms with Gasteiger partial charge in [-0.05, 0) is 26.8 Å². The lowest BCUT2D eigenvalue weighted by molar-refractivity contribution is -0.138. The van der Waals surface area contributed by atoms with Crippen molar-refractivity contribution in [1.29, 1.82) is 0 Å². The summed E-state index contributed by atoms with van der Waals surface area (Å²) in [5, 5.41) is 0. The first-order valence-electron chi connectivity index (χ1n) is 6.09. The molecule has 0 N–H and O–H groups in total. The van der Waals surface area contributed by atoms with Gasteiger partial charge in [0, 0.05) is 31.6 Å². The van der Waals surface area contributed by atoms with Gasteiger partial charge >= 0.3 is 0 Å². The number of hydrogen-bond acceptors (Lipinski definition) is 2. The van der Waals surface area contributed by atoms with Crippen LogP contribution < -0.4 is 0 Å². The molecule has 1 amide bonds. The number of hydrogen-bond donors (Lipinski definition) is 0. The molecule has 0 aromatic carbocycles. The highest BCUT2D eigenvalue weighted by Gasteiger charge is 2.27. The summed E-state index contributed by atoms with van der Waals surface area (Å²) in [6, 6.07) is 0.497. The van der Waals surface area contributed by atoms with Crippen molar-refractivity contribution in [3.05, 3.63) is 0 Å². The quantitative estimate of drug-likeness (QED) is 0.709. The van der Waals surface area contributed by atoms with Crippen LogP contribution in [-0.2, 0) is 4.79 Å². The minimum absolute atomic E-state index is 0.237. The second kappa shape index (κ2) is 5.50. The van der Waals surface area contributed by atoms with Crippen LogP contribution in [0.15, 0.2) is 0 Å². The van der Waals surface area contributed by atoms with Crippen LogP contribution in [0.4, 0.5) is 0 Å². The van der Waals surface area contributed by atoms with Crippen LogP contribution >= 0.6 is 0 Å². The molecule has 1 aliphatic rings. The summed E-state index contributed by atoms with van der Waals surface area (Å²) in [4.78, 5) is 16.5. The maximum atomic E-state index is 12.1. The summed E-state index contributed by atoms with van der Waals surface area (Å²) < 4.78 is 0. The van der Waals surface area contributed by atoms with Gasteiger partial charge in [-0.15, -0.1) is 0 Å². The molecule has 15 heavy (non-hydrogen) atoms. The molecule has 3 heteroatoms. The van der Waals surface area contributed by atoms with Crippen LogP contribution in [0, 0.1) is 5.92 Å². The van der Waals surface area contributed by atoms with Gasteiger partial charge in [-0.3, -0.25) is 4.79 Å². The molecule has 1 aliphatic heterocycles. The Bertz CT molecular complexity index is 214. The smallest absolute Gasteiger partial charge is 0.225 e. The number of piperazine rings is 1. The van der Waals surface area contributed by atoms with E-state index in [0.29, 0.717) is 11.9 Å². The number of amides is 1. The Labute approximate surface area is 93.4 Å². The van der Waals surface area contributed by atoms with Crippen molar-refractivity contribution < 1.29 is 4.79 Å². The van der Waals surface area contributed by atoms with Crippen LogP contribution in [0.2, 0.25) is 0 Å². The summed E-state index contributed by atoms with van der Waals surface area (Å²) >= 11 is 0. The summed E-state index contributed by atoms with van der Waals surface area (Å²) in [5.41, 5.74) is 0. The number of carbonyl (C=O) groups is 1. The van der Waals surface area contributed by atoms with E-state index in [1.54, 1.807) is 0 Å². The Kier molecular flexibility index (Phi) is 4.58. The van der Waals surface area contributed by atoms with E-state index in [1.807, 2.05) is 4.90 Å². The Morgan fingerprint density at radius 1 is 1.33 bits per heavy atom. The monoisotopic (exact) mass is 212 g/mol. The zero-order chi connectivity index (χ0) is 11.4. The summed E-state index contributed by atoms with van der Waals surface area (Å²) in [7, 11) is 2.13. The van der Waals surface area contributed by atoms with E-state index >= 15 is 0 Å². The third-order valence-electron chi connectivity index (χ3n) is 3.61. The lowest BCUT2D eigenvalue weighted by Gasteiger charge is -2.39. The van der Waals surface area contributed by atoms with Crippen molar-refractivity contribution in [3.63, 3.8) is 0 Å². The lowest BCUT2D eigenvalue weighted by atomic mass is 10.0. The normalized spacial score (nSPS) is 23.5. The molecule has 0 spiro atoms. The van der Waals surface area contributed by atoms with Crippen LogP contribution in [0.5, 0.6) is 0 Å². The maximum Gasteiger partial charge on any atom is 0.225 e. The van der Waals surface area contributed by atoms with E-state index in [2.05, 4.69) is 32.7 Å². The first kappa shape index (κ1) is 12.5. The molecule has 1 saturated heterocycles. The highest BCUT2D eigenvalue weighted by molar-refractivity contribution is 5.78. The van der Waals surface area contributed by atoms with E-state index in [-0.39, 0.29) is 5.92 Å². The van der Waals surface area contributed by atoms with Gasteiger partial charge in [-0.2, -0.15) is 0 Å². The number of nitrogens with zero attached hydrogens (tertiary/aromatic N) is 2. The highest BCUT2D eigenvalue weighted by Crippen LogP contribution is 2.15. The highest BCUT2D eigenvalue weighted by atomic mass is 16.2. The predicted molar refractivity (Wildman–Crippen MR) is 62.7 cm³/mol. The molecular weight excluding hydrogens is 188 g/mol. The molecule has 0 saturated carbocycles. The van der Waals surface area contributed by atoms with Gasteiger partial charge in [0.25, 0.3) is 0 Å². The molecule has 1 heterocycles. The van der Waals surface area contributed by atoms with Crippen molar-refractivity contribution in [2.45, 2.75) is 39.7 Å². The van der Waals surface area contributed by atoms with E-state index in [0.717, 1.165) is 32.5 Å². The molecule has 1 fully saturated rings. The largest absolute Gasteiger partial charge is 0.340 e. The Hall–Kier alpha value is -0.570. The summed E-state index contributed by atoms with van der Waals surface area (Å²) in [5.74, 6) is 0.598. The van der Waals surface area contributed by atoms with Crippen LogP contribution in [0.3, 0.4) is 0 Å². The predicted octanol–water partition coefficient (Wildman–Crippen LogP) is 1.59. The zero-order valence-corrected chi connectivity index (χ0v) is 10.5. The third kappa shape index (κ3) is 2.94. The maximum absolute atomic E-state index is 12.1. The molecule has 0 aromatic rings. The molecular formula is C12H24N2O. The average molecular weight is 212 g/mol. The third-order valence-corrected chi connectivity index (χ3v) is 3.61. The number of rotatable bonds is 3. The Morgan fingerprint density at radius 3 is 2.40 bits per heavy atom. The fourth-order valence-corrected chi connectivity index (χ4v) is 2.14. The summed E-state index contributed by atoms with van der Waals surface area (Å²) in [6.45, 7) is 9.19. The fourth-order valence-electron chi connectivity index (χ4n) is 2.14. The summed E-state index contributed by atoms with van der Waals surface area (Å²) in [6.07, 6.45) is 1.94. The molecule has 1 unspecified atom stereocenters. The van der Waals surface area contributed by atoms with Gasteiger partial charge in [-0.25, -0.2) is 0 Å². The van der Waals surface area contributed by atoms with E-state index in [9.17, 15) is 4.79 Å². The first-order valence-corrected chi connectivity index (χ1v) is 6.09. The zero-order valence-electron chi connectivity index (χ0n) is 10.5. The second-order valence-electron chi connectivity index (χ2n) is 4.63. The van der Waals surface area contributed by atoms with Gasteiger partial charge in [0.2, 0.25) is 5.91 Å². The minimum Gasteiger partial charge on any atom is -0.340 e. The standard InChI is InChI=1S/C12H24N2O/c1-5-11(6-2)12(15)14-8-7-13(4)10(3)9-14/h10-11H,5-9H2,1-4H3. The molecule has 0 aliphatic carbocycles. The fraction of sp³-hybridized carbons (Fsp3) is 0.917. The Morgan fingerprint density at radius 2 is 1.93 bits per heavy atom. The minimum atomic E-state index is 0.237. The lowest BCUT2D eigenvalue weighted by Crippen LogP contribution is -2.53. The second-order valence-corrected chi connectivity index (χ2v) is 4.63. The molecule has 88 valence electrons. The SMILES string of the molecule is CCC(CC)C(=O)N1CCN(C)C(C)C1. The molecule has 0 bridgehead atoms. The number of carbonyl (C=O) groups excluding carboxylic acids is 1. The van der Waals surface area contributed by atoms with Crippen molar-refractivity contribution in [2.75, 3.05) is 26.7 Å². The van der Waals surface area contributed by atoms with Crippen molar-refractivity contribution in [1.82, 2.24) is 9.80 Å². The molecule has 0 aromatic heterocycles. The van der Waals surface area contributed by atoms with Gasteiger partial charge in [0.1, 0.15) is 0 Å². The van der Waals surface area contributed by atoms with E-state index in [4.69, 9.17) is 0 Å². The van der Waals surface area contributed by atoms with Gasteiger partial charge in [0.05, 0.1) is 0 Å².